The Bertz CT molecular complexity index is 945. The smallest absolute Gasteiger partial charge is 0.230 e. The second-order valence-electron chi connectivity index (χ2n) is 7.45. The summed E-state index contributed by atoms with van der Waals surface area (Å²) in [6.45, 7) is 0. The minimum Gasteiger partial charge on any atom is -0.497 e. The summed E-state index contributed by atoms with van der Waals surface area (Å²) in [6, 6.07) is 11.9. The van der Waals surface area contributed by atoms with Crippen molar-refractivity contribution in [3.63, 3.8) is 0 Å². The van der Waals surface area contributed by atoms with E-state index in [-0.39, 0.29) is 5.91 Å². The number of amides is 1. The fourth-order valence-corrected chi connectivity index (χ4v) is 4.51. The molecule has 30 heavy (non-hydrogen) atoms. The van der Waals surface area contributed by atoms with E-state index in [1.165, 1.54) is 37.4 Å². The second-order valence-corrected chi connectivity index (χ2v) is 8.40. The maximum absolute atomic E-state index is 12.5. The van der Waals surface area contributed by atoms with Gasteiger partial charge in [-0.3, -0.25) is 9.47 Å². The van der Waals surface area contributed by atoms with Gasteiger partial charge in [-0.15, -0.1) is 10.2 Å². The number of ether oxygens (including phenoxy) is 1. The second kappa shape index (κ2) is 9.84. The van der Waals surface area contributed by atoms with Gasteiger partial charge in [-0.05, 0) is 49.2 Å². The van der Waals surface area contributed by atoms with Crippen molar-refractivity contribution in [2.24, 2.45) is 0 Å². The van der Waals surface area contributed by atoms with Crippen LogP contribution in [0.3, 0.4) is 0 Å². The molecule has 3 aromatic rings. The first-order valence-corrected chi connectivity index (χ1v) is 11.4. The van der Waals surface area contributed by atoms with Gasteiger partial charge in [0, 0.05) is 24.0 Å². The van der Waals surface area contributed by atoms with Crippen LogP contribution in [0.5, 0.6) is 5.75 Å². The summed E-state index contributed by atoms with van der Waals surface area (Å²) in [7, 11) is 1.65. The van der Waals surface area contributed by atoms with Gasteiger partial charge < -0.3 is 10.1 Å². The minimum atomic E-state index is 0.0555. The summed E-state index contributed by atoms with van der Waals surface area (Å²) in [5.74, 6) is 1.87. The Labute approximate surface area is 180 Å². The van der Waals surface area contributed by atoms with Crippen LogP contribution >= 0.6 is 11.8 Å². The van der Waals surface area contributed by atoms with Gasteiger partial charge >= 0.3 is 0 Å². The van der Waals surface area contributed by atoms with Crippen LogP contribution in [0.4, 0.5) is 0 Å². The molecule has 0 aliphatic heterocycles. The van der Waals surface area contributed by atoms with E-state index in [0.717, 1.165) is 24.2 Å². The van der Waals surface area contributed by atoms with Crippen molar-refractivity contribution < 1.29 is 9.53 Å². The zero-order valence-electron chi connectivity index (χ0n) is 17.2. The molecule has 7 nitrogen and oxygen atoms in total. The maximum atomic E-state index is 12.5. The zero-order chi connectivity index (χ0) is 20.8. The molecule has 158 valence electrons. The van der Waals surface area contributed by atoms with Crippen LogP contribution in [0.15, 0.2) is 53.9 Å². The molecule has 0 spiro atoms. The monoisotopic (exact) mass is 425 g/mol. The van der Waals surface area contributed by atoms with Crippen LogP contribution < -0.4 is 10.1 Å². The van der Waals surface area contributed by atoms with Gasteiger partial charge in [0.1, 0.15) is 5.75 Å². The minimum absolute atomic E-state index is 0.0555. The topological polar surface area (TPSA) is 74.0 Å². The highest BCUT2D eigenvalue weighted by Gasteiger charge is 2.19. The molecular formula is C22H27N5O2S. The quantitative estimate of drug-likeness (QED) is 0.458. The molecule has 1 aromatic carbocycles. The van der Waals surface area contributed by atoms with Crippen molar-refractivity contribution in [1.82, 2.24) is 24.9 Å². The Balaban J connectivity index is 1.50. The fourth-order valence-electron chi connectivity index (χ4n) is 3.77. The average Bonchev–Trinajstić information content (AvgIpc) is 3.37. The third-order valence-electron chi connectivity index (χ3n) is 5.33. The lowest BCUT2D eigenvalue weighted by atomic mass is 10.1. The Morgan fingerprint density at radius 1 is 1.10 bits per heavy atom. The lowest BCUT2D eigenvalue weighted by Gasteiger charge is -2.16. The van der Waals surface area contributed by atoms with Gasteiger partial charge in [0.2, 0.25) is 11.1 Å². The number of rotatable bonds is 7. The van der Waals surface area contributed by atoms with Crippen molar-refractivity contribution in [2.75, 3.05) is 12.9 Å². The van der Waals surface area contributed by atoms with E-state index in [9.17, 15) is 4.79 Å². The number of carbonyl (C=O) groups excluding carboxylic acids is 1. The van der Waals surface area contributed by atoms with Crippen LogP contribution in [0.25, 0.3) is 11.4 Å². The molecule has 0 atom stereocenters. The molecule has 4 rings (SSSR count). The Morgan fingerprint density at radius 3 is 2.47 bits per heavy atom. The normalized spacial score (nSPS) is 15.0. The van der Waals surface area contributed by atoms with E-state index in [4.69, 9.17) is 4.74 Å². The van der Waals surface area contributed by atoms with Crippen LogP contribution in [0, 0.1) is 0 Å². The SMILES string of the molecule is COc1ccc(-c2nnc(SCC(=O)NC3CCCCCC3)n2-n2cccc2)cc1. The molecule has 1 N–H and O–H groups in total. The van der Waals surface area contributed by atoms with E-state index >= 15 is 0 Å². The van der Waals surface area contributed by atoms with Gasteiger partial charge in [-0.25, -0.2) is 4.68 Å². The number of hydrogen-bond donors (Lipinski definition) is 1. The molecule has 0 bridgehead atoms. The molecule has 1 amide bonds. The molecule has 0 unspecified atom stereocenters. The number of methoxy groups -OCH3 is 1. The third-order valence-corrected chi connectivity index (χ3v) is 6.25. The lowest BCUT2D eigenvalue weighted by molar-refractivity contribution is -0.119. The van der Waals surface area contributed by atoms with Crippen LogP contribution in [0.1, 0.15) is 38.5 Å². The van der Waals surface area contributed by atoms with Gasteiger partial charge in [-0.2, -0.15) is 0 Å². The van der Waals surface area contributed by atoms with E-state index in [2.05, 4.69) is 15.5 Å². The molecule has 0 radical (unpaired) electrons. The Morgan fingerprint density at radius 2 is 1.80 bits per heavy atom. The summed E-state index contributed by atoms with van der Waals surface area (Å²) < 4.78 is 9.09. The number of thioether (sulfide) groups is 1. The highest BCUT2D eigenvalue weighted by atomic mass is 32.2. The largest absolute Gasteiger partial charge is 0.497 e. The molecule has 2 aromatic heterocycles. The molecule has 1 saturated carbocycles. The van der Waals surface area contributed by atoms with Gasteiger partial charge in [0.25, 0.3) is 0 Å². The molecule has 2 heterocycles. The van der Waals surface area contributed by atoms with Crippen LogP contribution in [-0.4, -0.2) is 44.4 Å². The summed E-state index contributed by atoms with van der Waals surface area (Å²) in [6.07, 6.45) is 11.0. The number of nitrogens with zero attached hydrogens (tertiary/aromatic N) is 4. The van der Waals surface area contributed by atoms with E-state index in [0.29, 0.717) is 22.8 Å². The summed E-state index contributed by atoms with van der Waals surface area (Å²) in [4.78, 5) is 12.5. The van der Waals surface area contributed by atoms with Gasteiger partial charge in [0.05, 0.1) is 12.9 Å². The molecule has 1 fully saturated rings. The number of benzene rings is 1. The number of hydrogen-bond acceptors (Lipinski definition) is 5. The van der Waals surface area contributed by atoms with Crippen molar-refractivity contribution in [2.45, 2.75) is 49.7 Å². The van der Waals surface area contributed by atoms with Crippen molar-refractivity contribution >= 4 is 17.7 Å². The molecule has 0 saturated heterocycles. The van der Waals surface area contributed by atoms with Gasteiger partial charge in [0.15, 0.2) is 5.82 Å². The Kier molecular flexibility index (Phi) is 6.74. The number of aromatic nitrogens is 4. The van der Waals surface area contributed by atoms with Gasteiger partial charge in [-0.1, -0.05) is 37.4 Å². The number of carbonyl (C=O) groups is 1. The first-order valence-electron chi connectivity index (χ1n) is 10.4. The summed E-state index contributed by atoms with van der Waals surface area (Å²) >= 11 is 1.40. The van der Waals surface area contributed by atoms with Crippen molar-refractivity contribution in [1.29, 1.82) is 0 Å². The van der Waals surface area contributed by atoms with Crippen molar-refractivity contribution in [3.8, 4) is 17.1 Å². The maximum Gasteiger partial charge on any atom is 0.230 e. The fraction of sp³-hybridized carbons (Fsp3) is 0.409. The van der Waals surface area contributed by atoms with E-state index in [1.807, 2.05) is 58.1 Å². The zero-order valence-corrected chi connectivity index (χ0v) is 18.0. The van der Waals surface area contributed by atoms with Crippen molar-refractivity contribution in [3.05, 3.63) is 48.8 Å². The first-order chi connectivity index (χ1) is 14.7. The Hall–Kier alpha value is -2.74. The summed E-state index contributed by atoms with van der Waals surface area (Å²) in [5, 5.41) is 12.6. The van der Waals surface area contributed by atoms with Crippen LogP contribution in [0.2, 0.25) is 0 Å². The predicted molar refractivity (Wildman–Crippen MR) is 118 cm³/mol. The van der Waals surface area contributed by atoms with Crippen LogP contribution in [-0.2, 0) is 4.79 Å². The third kappa shape index (κ3) is 4.87. The molecule has 8 heteroatoms. The first kappa shape index (κ1) is 20.5. The molecular weight excluding hydrogens is 398 g/mol. The van der Waals surface area contributed by atoms with E-state index < -0.39 is 0 Å². The standard InChI is InChI=1S/C22H27N5O2S/c1-29-19-12-10-17(11-13-19)21-24-25-22(27(21)26-14-6-7-15-26)30-16-20(28)23-18-8-4-2-3-5-9-18/h6-7,10-15,18H,2-5,8-9,16H2,1H3,(H,23,28). The number of nitrogens with one attached hydrogen (secondary N) is 1. The summed E-state index contributed by atoms with van der Waals surface area (Å²) in [5.41, 5.74) is 0.923. The highest BCUT2D eigenvalue weighted by Crippen LogP contribution is 2.26. The lowest BCUT2D eigenvalue weighted by Crippen LogP contribution is -2.35. The molecule has 1 aliphatic rings. The molecule has 1 aliphatic carbocycles. The van der Waals surface area contributed by atoms with E-state index in [1.54, 1.807) is 7.11 Å². The average molecular weight is 426 g/mol. The predicted octanol–water partition coefficient (Wildman–Crippen LogP) is 4.00. The highest BCUT2D eigenvalue weighted by molar-refractivity contribution is 7.99.